The fourth-order valence-corrected chi connectivity index (χ4v) is 6.52. The molecule has 182 valence electrons. The van der Waals surface area contributed by atoms with E-state index in [-0.39, 0.29) is 40.6 Å². The van der Waals surface area contributed by atoms with E-state index in [2.05, 4.69) is 5.10 Å². The van der Waals surface area contributed by atoms with Gasteiger partial charge in [0.25, 0.3) is 5.56 Å². The molecule has 11 heteroatoms. The van der Waals surface area contributed by atoms with Gasteiger partial charge < -0.3 is 4.74 Å². The van der Waals surface area contributed by atoms with Crippen LogP contribution >= 0.6 is 0 Å². The van der Waals surface area contributed by atoms with Crippen molar-refractivity contribution in [3.8, 4) is 0 Å². The first-order valence-electron chi connectivity index (χ1n) is 11.1. The average molecular weight is 491 g/mol. The van der Waals surface area contributed by atoms with Gasteiger partial charge in [-0.1, -0.05) is 13.8 Å². The average Bonchev–Trinajstić information content (AvgIpc) is 3.30. The molecule has 0 N–H and O–H groups in total. The van der Waals surface area contributed by atoms with Crippen LogP contribution in [0.5, 0.6) is 0 Å². The van der Waals surface area contributed by atoms with E-state index in [1.54, 1.807) is 24.1 Å². The van der Waals surface area contributed by atoms with Gasteiger partial charge in [-0.15, -0.1) is 0 Å². The molecule has 1 saturated heterocycles. The molecule has 34 heavy (non-hydrogen) atoms. The summed E-state index contributed by atoms with van der Waals surface area (Å²) in [6.07, 6.45) is 4.77. The van der Waals surface area contributed by atoms with E-state index in [4.69, 9.17) is 4.74 Å². The number of fused-ring (bicyclic) bond motifs is 1. The van der Waals surface area contributed by atoms with Crippen LogP contribution in [-0.4, -0.2) is 46.3 Å². The first-order valence-corrected chi connectivity index (χ1v) is 12.8. The summed E-state index contributed by atoms with van der Waals surface area (Å²) in [7, 11) is -2.23. The largest absolute Gasteiger partial charge is 0.380 e. The summed E-state index contributed by atoms with van der Waals surface area (Å²) >= 11 is 0. The van der Waals surface area contributed by atoms with Gasteiger partial charge in [0, 0.05) is 30.8 Å². The van der Waals surface area contributed by atoms with Gasteiger partial charge in [-0.25, -0.2) is 17.6 Å². The molecular weight excluding hydrogens is 463 g/mol. The van der Waals surface area contributed by atoms with Crippen LogP contribution in [0.4, 0.5) is 4.39 Å². The zero-order chi connectivity index (χ0) is 24.5. The second-order valence-corrected chi connectivity index (χ2v) is 12.4. The third-order valence-corrected chi connectivity index (χ3v) is 8.86. The van der Waals surface area contributed by atoms with Crippen LogP contribution in [0.25, 0.3) is 10.9 Å². The van der Waals surface area contributed by atoms with Crippen molar-refractivity contribution in [1.82, 2.24) is 18.9 Å². The van der Waals surface area contributed by atoms with Gasteiger partial charge in [-0.05, 0) is 30.4 Å². The summed E-state index contributed by atoms with van der Waals surface area (Å²) in [5.74, 6) is -1.13. The van der Waals surface area contributed by atoms with Crippen LogP contribution in [0.15, 0.2) is 39.0 Å². The Kier molecular flexibility index (Phi) is 5.14. The van der Waals surface area contributed by atoms with Gasteiger partial charge in [0.2, 0.25) is 0 Å². The van der Waals surface area contributed by atoms with Crippen molar-refractivity contribution in [1.29, 1.82) is 0 Å². The molecule has 9 nitrogen and oxygen atoms in total. The first kappa shape index (κ1) is 23.0. The molecular formula is C23H27FN4O5S. The Morgan fingerprint density at radius 2 is 1.82 bits per heavy atom. The van der Waals surface area contributed by atoms with Crippen LogP contribution < -0.4 is 11.2 Å². The normalized spacial score (nSPS) is 18.7. The number of hydrogen-bond acceptors (Lipinski definition) is 6. The minimum Gasteiger partial charge on any atom is -0.380 e. The maximum Gasteiger partial charge on any atom is 0.331 e. The lowest BCUT2D eigenvalue weighted by atomic mass is 9.88. The summed E-state index contributed by atoms with van der Waals surface area (Å²) in [5.41, 5.74) is -1.24. The quantitative estimate of drug-likeness (QED) is 0.499. The van der Waals surface area contributed by atoms with Crippen molar-refractivity contribution >= 4 is 20.7 Å². The standard InChI is InChI=1S/C23H27FN4O5S/c1-22(4-5-22)14-34(31,32)19-6-16-18(7-17(19)24)28(11-23(2)12-33-13-23)21(30)27(20(16)29)10-15-8-25-26(3)9-15/h6-9H,4-5,10-14H2,1-3H3. The molecule has 0 amide bonds. The van der Waals surface area contributed by atoms with Crippen molar-refractivity contribution in [2.24, 2.45) is 17.9 Å². The van der Waals surface area contributed by atoms with Crippen molar-refractivity contribution in [2.45, 2.75) is 44.7 Å². The van der Waals surface area contributed by atoms with E-state index >= 15 is 4.39 Å². The van der Waals surface area contributed by atoms with Crippen LogP contribution in [0.2, 0.25) is 0 Å². The fraction of sp³-hybridized carbons (Fsp3) is 0.522. The summed E-state index contributed by atoms with van der Waals surface area (Å²) < 4.78 is 50.5. The Morgan fingerprint density at radius 1 is 1.12 bits per heavy atom. The van der Waals surface area contributed by atoms with E-state index in [0.29, 0.717) is 18.8 Å². The monoisotopic (exact) mass is 490 g/mol. The van der Waals surface area contributed by atoms with Crippen molar-refractivity contribution in [3.05, 3.63) is 56.7 Å². The van der Waals surface area contributed by atoms with Crippen LogP contribution in [-0.2, 0) is 34.7 Å². The topological polar surface area (TPSA) is 105 Å². The summed E-state index contributed by atoms with van der Waals surface area (Å²) in [6, 6.07) is 2.11. The lowest BCUT2D eigenvalue weighted by molar-refractivity contribution is -0.110. The zero-order valence-corrected chi connectivity index (χ0v) is 20.2. The summed E-state index contributed by atoms with van der Waals surface area (Å²) in [6.45, 7) is 4.82. The highest BCUT2D eigenvalue weighted by atomic mass is 32.2. The van der Waals surface area contributed by atoms with E-state index in [1.165, 1.54) is 4.57 Å². The second kappa shape index (κ2) is 7.61. The molecule has 3 heterocycles. The predicted molar refractivity (Wildman–Crippen MR) is 123 cm³/mol. The van der Waals surface area contributed by atoms with Gasteiger partial charge >= 0.3 is 5.69 Å². The third-order valence-electron chi connectivity index (χ3n) is 6.80. The Labute approximate surface area is 195 Å². The van der Waals surface area contributed by atoms with Gasteiger partial charge in [0.05, 0.1) is 42.6 Å². The Morgan fingerprint density at radius 3 is 2.38 bits per heavy atom. The molecule has 2 fully saturated rings. The molecule has 1 aliphatic carbocycles. The number of rotatable bonds is 7. The van der Waals surface area contributed by atoms with Crippen LogP contribution in [0, 0.1) is 16.6 Å². The minimum absolute atomic E-state index is 0.00624. The maximum absolute atomic E-state index is 15.2. The summed E-state index contributed by atoms with van der Waals surface area (Å²) in [4.78, 5) is 26.4. The highest BCUT2D eigenvalue weighted by Crippen LogP contribution is 2.47. The highest BCUT2D eigenvalue weighted by Gasteiger charge is 2.42. The molecule has 1 aliphatic heterocycles. The number of hydrogen-bond donors (Lipinski definition) is 0. The number of ether oxygens (including phenoxy) is 1. The lowest BCUT2D eigenvalue weighted by Gasteiger charge is -2.38. The fourth-order valence-electron chi connectivity index (χ4n) is 4.50. The molecule has 5 rings (SSSR count). The van der Waals surface area contributed by atoms with Crippen molar-refractivity contribution in [3.63, 3.8) is 0 Å². The number of nitrogens with zero attached hydrogens (tertiary/aromatic N) is 4. The molecule has 2 aliphatic rings. The van der Waals surface area contributed by atoms with E-state index < -0.39 is 31.8 Å². The highest BCUT2D eigenvalue weighted by molar-refractivity contribution is 7.91. The first-order chi connectivity index (χ1) is 15.9. The predicted octanol–water partition coefficient (Wildman–Crippen LogP) is 1.69. The minimum atomic E-state index is -3.96. The zero-order valence-electron chi connectivity index (χ0n) is 19.4. The number of benzene rings is 1. The number of aryl methyl sites for hydroxylation is 1. The van der Waals surface area contributed by atoms with Crippen molar-refractivity contribution < 1.29 is 17.5 Å². The SMILES string of the molecule is Cn1cc(Cn2c(=O)c3cc(S(=O)(=O)CC4(C)CC4)c(F)cc3n(CC3(C)COC3)c2=O)cn1. The molecule has 1 aromatic carbocycles. The van der Waals surface area contributed by atoms with Crippen LogP contribution in [0.1, 0.15) is 32.3 Å². The van der Waals surface area contributed by atoms with E-state index in [9.17, 15) is 18.0 Å². The molecule has 1 saturated carbocycles. The van der Waals surface area contributed by atoms with Gasteiger partial charge in [0.1, 0.15) is 10.7 Å². The molecule has 0 unspecified atom stereocenters. The number of aromatic nitrogens is 4. The third kappa shape index (κ3) is 4.00. The van der Waals surface area contributed by atoms with E-state index in [0.717, 1.165) is 29.5 Å². The molecule has 3 aromatic rings. The lowest BCUT2D eigenvalue weighted by Crippen LogP contribution is -2.48. The molecule has 0 bridgehead atoms. The molecule has 0 spiro atoms. The molecule has 2 aromatic heterocycles. The van der Waals surface area contributed by atoms with Gasteiger partial charge in [-0.3, -0.25) is 18.6 Å². The maximum atomic E-state index is 15.2. The Bertz CT molecular complexity index is 1530. The Balaban J connectivity index is 1.72. The molecule has 0 radical (unpaired) electrons. The van der Waals surface area contributed by atoms with Gasteiger partial charge in [0.15, 0.2) is 9.84 Å². The van der Waals surface area contributed by atoms with E-state index in [1.807, 2.05) is 13.8 Å². The summed E-state index contributed by atoms with van der Waals surface area (Å²) in [5, 5.41) is 4.08. The number of sulfone groups is 1. The smallest absolute Gasteiger partial charge is 0.331 e. The second-order valence-electron chi connectivity index (χ2n) is 10.5. The Hall–Kier alpha value is -2.79. The van der Waals surface area contributed by atoms with Gasteiger partial charge in [-0.2, -0.15) is 5.10 Å². The molecule has 0 atom stereocenters. The number of halogens is 1. The van der Waals surface area contributed by atoms with Crippen molar-refractivity contribution in [2.75, 3.05) is 19.0 Å². The van der Waals surface area contributed by atoms with Crippen LogP contribution in [0.3, 0.4) is 0 Å².